The van der Waals surface area contributed by atoms with Crippen molar-refractivity contribution in [3.8, 4) is 0 Å². The van der Waals surface area contributed by atoms with E-state index in [2.05, 4.69) is 82.2 Å². The Kier molecular flexibility index (Phi) is 6.45. The van der Waals surface area contributed by atoms with Crippen LogP contribution in [0.5, 0.6) is 0 Å². The van der Waals surface area contributed by atoms with E-state index in [9.17, 15) is 0 Å². The zero-order valence-corrected chi connectivity index (χ0v) is 13.7. The van der Waals surface area contributed by atoms with E-state index in [1.54, 1.807) is 0 Å². The minimum absolute atomic E-state index is 0.566. The van der Waals surface area contributed by atoms with Crippen LogP contribution in [0.3, 0.4) is 0 Å². The minimum atomic E-state index is 0.566. The quantitative estimate of drug-likeness (QED) is 0.790. The number of likely N-dealkylation sites (N-methyl/N-ethyl adjacent to an activating group) is 1. The van der Waals surface area contributed by atoms with Gasteiger partial charge in [0.1, 0.15) is 0 Å². The summed E-state index contributed by atoms with van der Waals surface area (Å²) in [7, 11) is 0. The van der Waals surface area contributed by atoms with Crippen LogP contribution in [0.15, 0.2) is 32.7 Å². The lowest BCUT2D eigenvalue weighted by atomic mass is 10.0. The molecule has 0 unspecified atom stereocenters. The van der Waals surface area contributed by atoms with Crippen LogP contribution >= 0.6 is 31.9 Å². The molecule has 1 aromatic carbocycles. The van der Waals surface area contributed by atoms with Crippen molar-refractivity contribution in [1.29, 1.82) is 0 Å². The topological polar surface area (TPSA) is 12.0 Å². The first-order valence-electron chi connectivity index (χ1n) is 5.90. The van der Waals surface area contributed by atoms with E-state index in [1.807, 2.05) is 0 Å². The Bertz CT molecular complexity index is 397. The number of benzene rings is 1. The standard InChI is InChI=1S/C14H19Br2N/c1-4-17-9-12(10(2)3)7-11-5-6-13(15)14(16)8-11/h5-8,10,17H,4,9H2,1-3H3/b12-7-. The number of rotatable bonds is 5. The van der Waals surface area contributed by atoms with Gasteiger partial charge in [-0.05, 0) is 62.0 Å². The molecule has 3 heteroatoms. The molecule has 94 valence electrons. The van der Waals surface area contributed by atoms with Gasteiger partial charge in [0.15, 0.2) is 0 Å². The Morgan fingerprint density at radius 3 is 2.53 bits per heavy atom. The molecule has 0 spiro atoms. The highest BCUT2D eigenvalue weighted by atomic mass is 79.9. The van der Waals surface area contributed by atoms with E-state index in [-0.39, 0.29) is 0 Å². The molecule has 0 heterocycles. The lowest BCUT2D eigenvalue weighted by molar-refractivity contribution is 0.682. The van der Waals surface area contributed by atoms with E-state index >= 15 is 0 Å². The molecule has 1 aromatic rings. The van der Waals surface area contributed by atoms with Crippen molar-refractivity contribution < 1.29 is 0 Å². The fraction of sp³-hybridized carbons (Fsp3) is 0.429. The van der Waals surface area contributed by atoms with Crippen molar-refractivity contribution in [2.75, 3.05) is 13.1 Å². The van der Waals surface area contributed by atoms with E-state index < -0.39 is 0 Å². The molecule has 0 fully saturated rings. The van der Waals surface area contributed by atoms with Crippen molar-refractivity contribution in [2.45, 2.75) is 20.8 Å². The first-order valence-corrected chi connectivity index (χ1v) is 7.49. The second kappa shape index (κ2) is 7.34. The van der Waals surface area contributed by atoms with Crippen LogP contribution in [-0.2, 0) is 0 Å². The summed E-state index contributed by atoms with van der Waals surface area (Å²) >= 11 is 7.02. The van der Waals surface area contributed by atoms with Crippen LogP contribution in [-0.4, -0.2) is 13.1 Å². The fourth-order valence-electron chi connectivity index (χ4n) is 1.51. The monoisotopic (exact) mass is 359 g/mol. The van der Waals surface area contributed by atoms with E-state index in [0.29, 0.717) is 5.92 Å². The summed E-state index contributed by atoms with van der Waals surface area (Å²) in [5.41, 5.74) is 2.67. The lowest BCUT2D eigenvalue weighted by Crippen LogP contribution is -2.18. The Labute approximate surface area is 121 Å². The van der Waals surface area contributed by atoms with Crippen LogP contribution in [0.1, 0.15) is 26.3 Å². The van der Waals surface area contributed by atoms with Crippen molar-refractivity contribution in [1.82, 2.24) is 5.32 Å². The van der Waals surface area contributed by atoms with Crippen LogP contribution in [0, 0.1) is 5.92 Å². The summed E-state index contributed by atoms with van der Waals surface area (Å²) in [6.07, 6.45) is 2.27. The van der Waals surface area contributed by atoms with Crippen LogP contribution in [0.25, 0.3) is 6.08 Å². The molecule has 0 amide bonds. The fourth-order valence-corrected chi connectivity index (χ4v) is 2.15. The summed E-state index contributed by atoms with van der Waals surface area (Å²) < 4.78 is 2.19. The second-order valence-electron chi connectivity index (χ2n) is 4.33. The van der Waals surface area contributed by atoms with Gasteiger partial charge in [0, 0.05) is 15.5 Å². The SMILES string of the molecule is CCNC/C(=C/c1ccc(Br)c(Br)c1)C(C)C. The number of hydrogen-bond donors (Lipinski definition) is 1. The molecule has 17 heavy (non-hydrogen) atoms. The first-order chi connectivity index (χ1) is 8.04. The normalized spacial score (nSPS) is 12.2. The molecule has 0 bridgehead atoms. The average molecular weight is 361 g/mol. The van der Waals surface area contributed by atoms with Gasteiger partial charge in [0.25, 0.3) is 0 Å². The summed E-state index contributed by atoms with van der Waals surface area (Å²) in [5, 5.41) is 3.39. The molecule has 1 rings (SSSR count). The lowest BCUT2D eigenvalue weighted by Gasteiger charge is -2.12. The van der Waals surface area contributed by atoms with Crippen molar-refractivity contribution in [3.05, 3.63) is 38.3 Å². The first kappa shape index (κ1) is 14.9. The zero-order valence-electron chi connectivity index (χ0n) is 10.6. The highest BCUT2D eigenvalue weighted by Gasteiger charge is 2.04. The van der Waals surface area contributed by atoms with Gasteiger partial charge in [-0.2, -0.15) is 0 Å². The highest BCUT2D eigenvalue weighted by Crippen LogP contribution is 2.25. The van der Waals surface area contributed by atoms with Gasteiger partial charge < -0.3 is 5.32 Å². The molecule has 1 N–H and O–H groups in total. The van der Waals surface area contributed by atoms with Gasteiger partial charge in [-0.3, -0.25) is 0 Å². The van der Waals surface area contributed by atoms with Gasteiger partial charge in [-0.15, -0.1) is 0 Å². The van der Waals surface area contributed by atoms with Crippen molar-refractivity contribution in [2.24, 2.45) is 5.92 Å². The van der Waals surface area contributed by atoms with Crippen molar-refractivity contribution in [3.63, 3.8) is 0 Å². The smallest absolute Gasteiger partial charge is 0.0323 e. The predicted molar refractivity (Wildman–Crippen MR) is 83.2 cm³/mol. The Balaban J connectivity index is 2.91. The molecule has 1 nitrogen and oxygen atoms in total. The summed E-state index contributed by atoms with van der Waals surface area (Å²) in [4.78, 5) is 0. The minimum Gasteiger partial charge on any atom is -0.313 e. The molecule has 0 aliphatic rings. The molecular formula is C14H19Br2N. The maximum absolute atomic E-state index is 3.53. The van der Waals surface area contributed by atoms with Gasteiger partial charge in [-0.1, -0.05) is 38.5 Å². The molecule has 0 saturated carbocycles. The third kappa shape index (κ3) is 4.94. The third-order valence-corrected chi connectivity index (χ3v) is 4.50. The Morgan fingerprint density at radius 1 is 1.29 bits per heavy atom. The molecule has 0 atom stereocenters. The van der Waals surface area contributed by atoms with Crippen LogP contribution < -0.4 is 5.32 Å². The summed E-state index contributed by atoms with van der Waals surface area (Å²) in [6, 6.07) is 6.34. The maximum atomic E-state index is 3.53. The molecular weight excluding hydrogens is 342 g/mol. The van der Waals surface area contributed by atoms with Gasteiger partial charge in [-0.25, -0.2) is 0 Å². The number of nitrogens with one attached hydrogen (secondary N) is 1. The number of hydrogen-bond acceptors (Lipinski definition) is 1. The third-order valence-electron chi connectivity index (χ3n) is 2.62. The van der Waals surface area contributed by atoms with E-state index in [4.69, 9.17) is 0 Å². The second-order valence-corrected chi connectivity index (χ2v) is 6.04. The highest BCUT2D eigenvalue weighted by molar-refractivity contribution is 9.13. The molecule has 0 aliphatic carbocycles. The van der Waals surface area contributed by atoms with E-state index in [1.165, 1.54) is 11.1 Å². The maximum Gasteiger partial charge on any atom is 0.0323 e. The number of halogens is 2. The summed E-state index contributed by atoms with van der Waals surface area (Å²) in [6.45, 7) is 8.57. The molecule has 0 aliphatic heterocycles. The largest absolute Gasteiger partial charge is 0.313 e. The summed E-state index contributed by atoms with van der Waals surface area (Å²) in [5.74, 6) is 0.566. The van der Waals surface area contributed by atoms with E-state index in [0.717, 1.165) is 22.0 Å². The average Bonchev–Trinajstić information content (AvgIpc) is 2.28. The van der Waals surface area contributed by atoms with Gasteiger partial charge >= 0.3 is 0 Å². The predicted octanol–water partition coefficient (Wildman–Crippen LogP) is 4.86. The Hall–Kier alpha value is -0.120. The van der Waals surface area contributed by atoms with Gasteiger partial charge in [0.2, 0.25) is 0 Å². The molecule has 0 saturated heterocycles. The van der Waals surface area contributed by atoms with Gasteiger partial charge in [0.05, 0.1) is 0 Å². The molecule has 0 radical (unpaired) electrons. The molecule has 0 aromatic heterocycles. The zero-order chi connectivity index (χ0) is 12.8. The van der Waals surface area contributed by atoms with Crippen molar-refractivity contribution >= 4 is 37.9 Å². The van der Waals surface area contributed by atoms with Crippen LogP contribution in [0.4, 0.5) is 0 Å². The van der Waals surface area contributed by atoms with Crippen LogP contribution in [0.2, 0.25) is 0 Å². The Morgan fingerprint density at radius 2 is 2.00 bits per heavy atom.